The van der Waals surface area contributed by atoms with Crippen LogP contribution < -0.4 is 15.4 Å². The summed E-state index contributed by atoms with van der Waals surface area (Å²) in [5, 5.41) is 5.82. The van der Waals surface area contributed by atoms with E-state index >= 15 is 0 Å². The van der Waals surface area contributed by atoms with E-state index < -0.39 is 0 Å². The number of nitrogens with zero attached hydrogens (tertiary/aromatic N) is 1. The molecule has 2 aromatic rings. The van der Waals surface area contributed by atoms with Gasteiger partial charge < -0.3 is 15.0 Å². The lowest BCUT2D eigenvalue weighted by molar-refractivity contribution is -0.127. The van der Waals surface area contributed by atoms with Crippen LogP contribution in [-0.2, 0) is 11.2 Å². The summed E-state index contributed by atoms with van der Waals surface area (Å²) in [6.45, 7) is 2.62. The molecule has 0 aromatic heterocycles. The molecular formula is C21H25N3O3S. The molecule has 2 amide bonds. The van der Waals surface area contributed by atoms with Gasteiger partial charge in [0.1, 0.15) is 5.75 Å². The Labute approximate surface area is 170 Å². The number of hydrogen-bond donors (Lipinski definition) is 2. The average molecular weight is 400 g/mol. The van der Waals surface area contributed by atoms with Gasteiger partial charge in [0, 0.05) is 25.3 Å². The minimum Gasteiger partial charge on any atom is -0.494 e. The van der Waals surface area contributed by atoms with Crippen LogP contribution in [0.5, 0.6) is 5.75 Å². The highest BCUT2D eigenvalue weighted by molar-refractivity contribution is 7.80. The van der Waals surface area contributed by atoms with Crippen molar-refractivity contribution >= 4 is 34.8 Å². The van der Waals surface area contributed by atoms with E-state index in [-0.39, 0.29) is 16.9 Å². The van der Waals surface area contributed by atoms with Gasteiger partial charge in [-0.05, 0) is 54.5 Å². The third-order valence-electron chi connectivity index (χ3n) is 3.86. The van der Waals surface area contributed by atoms with Crippen molar-refractivity contribution in [2.24, 2.45) is 0 Å². The van der Waals surface area contributed by atoms with E-state index in [4.69, 9.17) is 17.0 Å². The number of ether oxygens (including phenoxy) is 1. The van der Waals surface area contributed by atoms with Crippen molar-refractivity contribution in [1.29, 1.82) is 0 Å². The molecule has 0 aliphatic heterocycles. The van der Waals surface area contributed by atoms with Gasteiger partial charge in [-0.2, -0.15) is 0 Å². The average Bonchev–Trinajstić information content (AvgIpc) is 2.67. The molecule has 0 aliphatic carbocycles. The van der Waals surface area contributed by atoms with E-state index in [1.807, 2.05) is 37.3 Å². The highest BCUT2D eigenvalue weighted by Gasteiger charge is 2.10. The lowest BCUT2D eigenvalue weighted by Crippen LogP contribution is -2.34. The van der Waals surface area contributed by atoms with Gasteiger partial charge in [-0.25, -0.2) is 0 Å². The van der Waals surface area contributed by atoms with Crippen molar-refractivity contribution in [3.8, 4) is 5.75 Å². The molecule has 0 spiro atoms. The molecular weight excluding hydrogens is 374 g/mol. The van der Waals surface area contributed by atoms with E-state index in [1.54, 1.807) is 37.2 Å². The molecule has 0 radical (unpaired) electrons. The van der Waals surface area contributed by atoms with Crippen molar-refractivity contribution < 1.29 is 14.3 Å². The molecule has 2 aromatic carbocycles. The van der Waals surface area contributed by atoms with Crippen molar-refractivity contribution in [3.63, 3.8) is 0 Å². The van der Waals surface area contributed by atoms with Gasteiger partial charge in [0.05, 0.1) is 13.0 Å². The number of nitrogens with one attached hydrogen (secondary N) is 2. The fourth-order valence-electron chi connectivity index (χ4n) is 2.32. The number of anilines is 1. The fraction of sp³-hybridized carbons (Fsp3) is 0.286. The summed E-state index contributed by atoms with van der Waals surface area (Å²) in [4.78, 5) is 25.7. The molecule has 7 heteroatoms. The van der Waals surface area contributed by atoms with Crippen molar-refractivity contribution in [2.75, 3.05) is 26.0 Å². The van der Waals surface area contributed by atoms with Gasteiger partial charge >= 0.3 is 0 Å². The Morgan fingerprint density at radius 1 is 1.11 bits per heavy atom. The molecule has 2 N–H and O–H groups in total. The number of carbonyl (C=O) groups excluding carboxylic acids is 2. The van der Waals surface area contributed by atoms with Crippen molar-refractivity contribution in [1.82, 2.24) is 10.2 Å². The maximum atomic E-state index is 12.4. The summed E-state index contributed by atoms with van der Waals surface area (Å²) in [5.74, 6) is 0.373. The van der Waals surface area contributed by atoms with E-state index in [2.05, 4.69) is 10.6 Å². The normalized spacial score (nSPS) is 10.1. The number of thiocarbonyl (C=S) groups is 1. The topological polar surface area (TPSA) is 70.7 Å². The van der Waals surface area contributed by atoms with Gasteiger partial charge in [0.15, 0.2) is 5.11 Å². The fourth-order valence-corrected chi connectivity index (χ4v) is 2.53. The molecule has 2 rings (SSSR count). The van der Waals surface area contributed by atoms with Crippen LogP contribution in [0.2, 0.25) is 0 Å². The predicted molar refractivity (Wildman–Crippen MR) is 115 cm³/mol. The first-order valence-corrected chi connectivity index (χ1v) is 9.44. The Hall–Kier alpha value is -2.93. The minimum absolute atomic E-state index is 0.0358. The number of rotatable bonds is 7. The first-order valence-electron chi connectivity index (χ1n) is 9.03. The van der Waals surface area contributed by atoms with Crippen LogP contribution in [0.4, 0.5) is 5.69 Å². The zero-order chi connectivity index (χ0) is 20.5. The number of amides is 2. The van der Waals surface area contributed by atoms with Crippen LogP contribution in [0.25, 0.3) is 0 Å². The predicted octanol–water partition coefficient (Wildman–Crippen LogP) is 3.23. The second kappa shape index (κ2) is 10.4. The van der Waals surface area contributed by atoms with Gasteiger partial charge in [-0.3, -0.25) is 14.9 Å². The molecule has 0 saturated carbocycles. The van der Waals surface area contributed by atoms with Crippen LogP contribution in [-0.4, -0.2) is 42.5 Å². The molecule has 0 heterocycles. The van der Waals surface area contributed by atoms with Gasteiger partial charge in [0.25, 0.3) is 5.91 Å². The molecule has 0 bridgehead atoms. The lowest BCUT2D eigenvalue weighted by atomic mass is 10.1. The Balaban J connectivity index is 1.91. The number of hydrogen-bond acceptors (Lipinski definition) is 4. The largest absolute Gasteiger partial charge is 0.494 e. The number of likely N-dealkylation sites (N-methyl/N-ethyl adjacent to an activating group) is 1. The summed E-state index contributed by atoms with van der Waals surface area (Å²) in [7, 11) is 3.45. The van der Waals surface area contributed by atoms with E-state index in [0.717, 1.165) is 17.7 Å². The van der Waals surface area contributed by atoms with Crippen molar-refractivity contribution in [2.45, 2.75) is 19.8 Å². The van der Waals surface area contributed by atoms with Gasteiger partial charge in [0.2, 0.25) is 5.91 Å². The summed E-state index contributed by atoms with van der Waals surface area (Å²) in [6.07, 6.45) is 1.23. The highest BCUT2D eigenvalue weighted by atomic mass is 32.1. The first kappa shape index (κ1) is 21.4. The highest BCUT2D eigenvalue weighted by Crippen LogP contribution is 2.14. The Morgan fingerprint density at radius 2 is 1.82 bits per heavy atom. The molecule has 0 fully saturated rings. The maximum Gasteiger partial charge on any atom is 0.257 e. The Kier molecular flexibility index (Phi) is 7.95. The molecule has 0 unspecified atom stereocenters. The molecule has 0 aliphatic rings. The smallest absolute Gasteiger partial charge is 0.257 e. The van der Waals surface area contributed by atoms with Gasteiger partial charge in [-0.15, -0.1) is 0 Å². The van der Waals surface area contributed by atoms with Crippen LogP contribution in [0, 0.1) is 0 Å². The second-order valence-corrected chi connectivity index (χ2v) is 6.85. The molecule has 6 nitrogen and oxygen atoms in total. The van der Waals surface area contributed by atoms with Crippen LogP contribution >= 0.6 is 12.2 Å². The Morgan fingerprint density at radius 3 is 2.46 bits per heavy atom. The summed E-state index contributed by atoms with van der Waals surface area (Å²) < 4.78 is 5.54. The number of carbonyl (C=O) groups is 2. The monoisotopic (exact) mass is 399 g/mol. The zero-order valence-electron chi connectivity index (χ0n) is 16.3. The Bertz CT molecular complexity index is 835. The van der Waals surface area contributed by atoms with Crippen LogP contribution in [0.1, 0.15) is 29.3 Å². The summed E-state index contributed by atoms with van der Waals surface area (Å²) in [6, 6.07) is 14.3. The van der Waals surface area contributed by atoms with E-state index in [1.165, 1.54) is 0 Å². The number of benzene rings is 2. The first-order chi connectivity index (χ1) is 13.4. The SMILES string of the molecule is CCCOc1cccc(C(=O)NC(=S)Nc2ccc(CC(=O)N(C)C)cc2)c1. The van der Waals surface area contributed by atoms with Crippen LogP contribution in [0.3, 0.4) is 0 Å². The maximum absolute atomic E-state index is 12.4. The summed E-state index contributed by atoms with van der Waals surface area (Å²) in [5.41, 5.74) is 2.10. The minimum atomic E-state index is -0.312. The molecule has 148 valence electrons. The third-order valence-corrected chi connectivity index (χ3v) is 4.07. The molecule has 0 atom stereocenters. The second-order valence-electron chi connectivity index (χ2n) is 6.45. The quantitative estimate of drug-likeness (QED) is 0.700. The standard InChI is InChI=1S/C21H25N3O3S/c1-4-12-27-18-7-5-6-16(14-18)20(26)23-21(28)22-17-10-8-15(9-11-17)13-19(25)24(2)3/h5-11,14H,4,12-13H2,1-3H3,(H2,22,23,26,28). The van der Waals surface area contributed by atoms with Gasteiger partial charge in [-0.1, -0.05) is 25.1 Å². The summed E-state index contributed by atoms with van der Waals surface area (Å²) >= 11 is 5.22. The molecule has 0 saturated heterocycles. The van der Waals surface area contributed by atoms with E-state index in [0.29, 0.717) is 24.3 Å². The van der Waals surface area contributed by atoms with Crippen molar-refractivity contribution in [3.05, 3.63) is 59.7 Å². The zero-order valence-corrected chi connectivity index (χ0v) is 17.1. The third kappa shape index (κ3) is 6.66. The van der Waals surface area contributed by atoms with E-state index in [9.17, 15) is 9.59 Å². The van der Waals surface area contributed by atoms with Crippen LogP contribution in [0.15, 0.2) is 48.5 Å². The lowest BCUT2D eigenvalue weighted by Gasteiger charge is -2.12. The molecule has 28 heavy (non-hydrogen) atoms.